The number of rotatable bonds is 1. The molecule has 1 aromatic carbocycles. The molecule has 0 saturated heterocycles. The van der Waals surface area contributed by atoms with Gasteiger partial charge in [0, 0.05) is 12.5 Å². The molecule has 1 aromatic rings. The van der Waals surface area contributed by atoms with Gasteiger partial charge in [0.15, 0.2) is 0 Å². The highest BCUT2D eigenvalue weighted by atomic mass is 16.6. The molecule has 2 aliphatic rings. The van der Waals surface area contributed by atoms with Crippen LogP contribution in [0.1, 0.15) is 31.1 Å². The van der Waals surface area contributed by atoms with Gasteiger partial charge in [-0.2, -0.15) is 0 Å². The predicted octanol–water partition coefficient (Wildman–Crippen LogP) is 1.61. The molecule has 2 aliphatic heterocycles. The first-order valence-electron chi connectivity index (χ1n) is 6.16. The lowest BCUT2D eigenvalue weighted by Gasteiger charge is -2.44. The molecule has 2 heterocycles. The largest absolute Gasteiger partial charge is 0.462 e. The second-order valence-corrected chi connectivity index (χ2v) is 5.12. The van der Waals surface area contributed by atoms with E-state index in [9.17, 15) is 9.90 Å². The van der Waals surface area contributed by atoms with Crippen molar-refractivity contribution in [1.29, 1.82) is 0 Å². The van der Waals surface area contributed by atoms with E-state index in [0.717, 1.165) is 17.5 Å². The Morgan fingerprint density at radius 1 is 1.50 bits per heavy atom. The Bertz CT molecular complexity index is 507. The van der Waals surface area contributed by atoms with E-state index in [1.807, 2.05) is 18.2 Å². The quantitative estimate of drug-likeness (QED) is 0.820. The zero-order valence-electron chi connectivity index (χ0n) is 10.5. The molecule has 0 amide bonds. The van der Waals surface area contributed by atoms with Gasteiger partial charge in [0.05, 0.1) is 6.61 Å². The SMILES string of the molecule is CC(=O)[C@@H]1C2OCCc3cccc(c32)O[C@]1(C)O. The zero-order valence-corrected chi connectivity index (χ0v) is 10.5. The summed E-state index contributed by atoms with van der Waals surface area (Å²) in [5.74, 6) is -1.68. The summed E-state index contributed by atoms with van der Waals surface area (Å²) in [5.41, 5.74) is 2.07. The minimum absolute atomic E-state index is 0.118. The molecule has 0 aromatic heterocycles. The minimum atomic E-state index is -1.51. The highest BCUT2D eigenvalue weighted by Gasteiger charge is 2.50. The van der Waals surface area contributed by atoms with E-state index in [2.05, 4.69) is 0 Å². The number of carbonyl (C=O) groups is 1. The first-order chi connectivity index (χ1) is 8.50. The summed E-state index contributed by atoms with van der Waals surface area (Å²) in [6, 6.07) is 5.74. The van der Waals surface area contributed by atoms with Gasteiger partial charge in [0.1, 0.15) is 23.6 Å². The van der Waals surface area contributed by atoms with Gasteiger partial charge < -0.3 is 14.6 Å². The highest BCUT2D eigenvalue weighted by Crippen LogP contribution is 2.48. The molecule has 0 spiro atoms. The molecule has 0 aliphatic carbocycles. The molecule has 4 heteroatoms. The van der Waals surface area contributed by atoms with Crippen LogP contribution in [0.3, 0.4) is 0 Å². The van der Waals surface area contributed by atoms with Crippen molar-refractivity contribution in [2.24, 2.45) is 5.92 Å². The fourth-order valence-corrected chi connectivity index (χ4v) is 3.02. The van der Waals surface area contributed by atoms with Crippen molar-refractivity contribution in [3.8, 4) is 5.75 Å². The maximum atomic E-state index is 11.8. The Morgan fingerprint density at radius 2 is 2.28 bits per heavy atom. The number of ketones is 1. The van der Waals surface area contributed by atoms with Crippen LogP contribution in [-0.2, 0) is 16.0 Å². The van der Waals surface area contributed by atoms with E-state index in [-0.39, 0.29) is 5.78 Å². The molecule has 1 N–H and O–H groups in total. The fourth-order valence-electron chi connectivity index (χ4n) is 3.02. The van der Waals surface area contributed by atoms with Crippen LogP contribution in [0.2, 0.25) is 0 Å². The molecule has 0 bridgehead atoms. The summed E-state index contributed by atoms with van der Waals surface area (Å²) in [6.45, 7) is 3.56. The third-order valence-corrected chi connectivity index (χ3v) is 3.74. The van der Waals surface area contributed by atoms with Crippen LogP contribution in [0.5, 0.6) is 5.75 Å². The van der Waals surface area contributed by atoms with Crippen LogP contribution in [0, 0.1) is 5.92 Å². The Hall–Kier alpha value is -1.39. The zero-order chi connectivity index (χ0) is 12.9. The average molecular weight is 248 g/mol. The van der Waals surface area contributed by atoms with Crippen LogP contribution < -0.4 is 4.74 Å². The smallest absolute Gasteiger partial charge is 0.218 e. The normalized spacial score (nSPS) is 33.5. The van der Waals surface area contributed by atoms with Crippen LogP contribution >= 0.6 is 0 Å². The lowest BCUT2D eigenvalue weighted by molar-refractivity contribution is -0.211. The van der Waals surface area contributed by atoms with E-state index in [1.54, 1.807) is 0 Å². The molecule has 0 radical (unpaired) electrons. The van der Waals surface area contributed by atoms with Gasteiger partial charge in [-0.3, -0.25) is 4.79 Å². The number of ether oxygens (including phenoxy) is 2. The highest BCUT2D eigenvalue weighted by molar-refractivity contribution is 5.81. The molecule has 3 atom stereocenters. The number of hydrogen-bond acceptors (Lipinski definition) is 4. The molecule has 0 fully saturated rings. The number of hydrogen-bond donors (Lipinski definition) is 1. The summed E-state index contributed by atoms with van der Waals surface area (Å²) < 4.78 is 11.3. The topological polar surface area (TPSA) is 55.8 Å². The van der Waals surface area contributed by atoms with Gasteiger partial charge in [-0.15, -0.1) is 0 Å². The van der Waals surface area contributed by atoms with E-state index in [0.29, 0.717) is 12.4 Å². The summed E-state index contributed by atoms with van der Waals surface area (Å²) in [6.07, 6.45) is 0.418. The third kappa shape index (κ3) is 1.56. The van der Waals surface area contributed by atoms with Crippen molar-refractivity contribution in [3.63, 3.8) is 0 Å². The Kier molecular flexibility index (Phi) is 2.47. The number of Topliss-reactive ketones (excluding diaryl/α,β-unsaturated/α-hetero) is 1. The summed E-state index contributed by atoms with van der Waals surface area (Å²) in [5, 5.41) is 10.3. The van der Waals surface area contributed by atoms with Gasteiger partial charge in [0.2, 0.25) is 5.79 Å². The molecule has 18 heavy (non-hydrogen) atoms. The Morgan fingerprint density at radius 3 is 3.00 bits per heavy atom. The van der Waals surface area contributed by atoms with Gasteiger partial charge in [-0.05, 0) is 25.0 Å². The monoisotopic (exact) mass is 248 g/mol. The minimum Gasteiger partial charge on any atom is -0.462 e. The molecule has 0 saturated carbocycles. The number of aliphatic hydroxyl groups is 1. The first kappa shape index (κ1) is 11.7. The summed E-state index contributed by atoms with van der Waals surface area (Å²) >= 11 is 0. The number of benzene rings is 1. The van der Waals surface area contributed by atoms with E-state index in [1.165, 1.54) is 13.8 Å². The summed E-state index contributed by atoms with van der Waals surface area (Å²) in [7, 11) is 0. The van der Waals surface area contributed by atoms with Gasteiger partial charge >= 0.3 is 0 Å². The second kappa shape index (κ2) is 3.80. The molecule has 1 unspecified atom stereocenters. The van der Waals surface area contributed by atoms with Crippen molar-refractivity contribution < 1.29 is 19.4 Å². The molecule has 3 rings (SSSR count). The van der Waals surface area contributed by atoms with Crippen LogP contribution in [0.15, 0.2) is 18.2 Å². The standard InChI is InChI=1S/C14H16O4/c1-8(15)12-13-11-9(6-7-17-13)4-3-5-10(11)18-14(12,2)16/h3-5,12-13,16H,6-7H2,1-2H3/t12-,13?,14+/m1/s1. The average Bonchev–Trinajstić information content (AvgIpc) is 2.27. The number of carbonyl (C=O) groups excluding carboxylic acids is 1. The van der Waals surface area contributed by atoms with Gasteiger partial charge in [-0.25, -0.2) is 0 Å². The lowest BCUT2D eigenvalue weighted by atomic mass is 9.80. The van der Waals surface area contributed by atoms with E-state index in [4.69, 9.17) is 9.47 Å². The first-order valence-corrected chi connectivity index (χ1v) is 6.16. The second-order valence-electron chi connectivity index (χ2n) is 5.12. The van der Waals surface area contributed by atoms with Crippen LogP contribution in [-0.4, -0.2) is 23.3 Å². The fraction of sp³-hybridized carbons (Fsp3) is 0.500. The Labute approximate surface area is 106 Å². The molecule has 4 nitrogen and oxygen atoms in total. The Balaban J connectivity index is 2.18. The van der Waals surface area contributed by atoms with Crippen molar-refractivity contribution in [2.75, 3.05) is 6.61 Å². The van der Waals surface area contributed by atoms with Crippen molar-refractivity contribution in [3.05, 3.63) is 29.3 Å². The predicted molar refractivity (Wildman–Crippen MR) is 64.3 cm³/mol. The van der Waals surface area contributed by atoms with Crippen molar-refractivity contribution in [2.45, 2.75) is 32.2 Å². The molecular formula is C14H16O4. The summed E-state index contributed by atoms with van der Waals surface area (Å²) in [4.78, 5) is 11.8. The van der Waals surface area contributed by atoms with E-state index >= 15 is 0 Å². The maximum absolute atomic E-state index is 11.8. The van der Waals surface area contributed by atoms with Crippen molar-refractivity contribution >= 4 is 5.78 Å². The van der Waals surface area contributed by atoms with Crippen LogP contribution in [0.25, 0.3) is 0 Å². The van der Waals surface area contributed by atoms with Gasteiger partial charge in [-0.1, -0.05) is 12.1 Å². The molecular weight excluding hydrogens is 232 g/mol. The van der Waals surface area contributed by atoms with Crippen LogP contribution in [0.4, 0.5) is 0 Å². The molecule has 96 valence electrons. The maximum Gasteiger partial charge on any atom is 0.218 e. The van der Waals surface area contributed by atoms with Gasteiger partial charge in [0.25, 0.3) is 0 Å². The van der Waals surface area contributed by atoms with Crippen molar-refractivity contribution in [1.82, 2.24) is 0 Å². The van der Waals surface area contributed by atoms with E-state index < -0.39 is 17.8 Å². The third-order valence-electron chi connectivity index (χ3n) is 3.74. The lowest BCUT2D eigenvalue weighted by Crippen LogP contribution is -2.51.